The molecule has 4 heteroatoms. The summed E-state index contributed by atoms with van der Waals surface area (Å²) in [6.07, 6.45) is 2.88. The number of benzene rings is 1. The third kappa shape index (κ3) is 2.19. The zero-order valence-electron chi connectivity index (χ0n) is 14.3. The number of fused-ring (bicyclic) bond motifs is 3. The van der Waals surface area contributed by atoms with Crippen LogP contribution in [0.4, 0.5) is 0 Å². The van der Waals surface area contributed by atoms with Gasteiger partial charge in [-0.15, -0.1) is 0 Å². The monoisotopic (exact) mass is 316 g/mol. The number of ketones is 1. The first-order chi connectivity index (χ1) is 10.9. The first-order valence-electron chi connectivity index (χ1n) is 8.15. The van der Waals surface area contributed by atoms with Crippen molar-refractivity contribution in [3.63, 3.8) is 0 Å². The second-order valence-electron chi connectivity index (χ2n) is 7.40. The lowest BCUT2D eigenvalue weighted by atomic mass is 9.49. The molecule has 0 saturated heterocycles. The van der Waals surface area contributed by atoms with Crippen molar-refractivity contribution < 1.29 is 19.1 Å². The Kier molecular flexibility index (Phi) is 3.74. The fraction of sp³-hybridized carbons (Fsp3) is 0.579. The Labute approximate surface area is 137 Å². The largest absolute Gasteiger partial charge is 0.497 e. The van der Waals surface area contributed by atoms with Crippen LogP contribution < -0.4 is 4.74 Å². The molecule has 0 unspecified atom stereocenters. The number of methoxy groups -OCH3 is 2. The summed E-state index contributed by atoms with van der Waals surface area (Å²) in [7, 11) is 3.03. The van der Waals surface area contributed by atoms with Crippen LogP contribution in [0.1, 0.15) is 44.2 Å². The Morgan fingerprint density at radius 3 is 2.61 bits per heavy atom. The first-order valence-corrected chi connectivity index (χ1v) is 8.15. The maximum absolute atomic E-state index is 12.9. The number of hydrogen-bond donors (Lipinski definition) is 0. The van der Waals surface area contributed by atoms with Crippen LogP contribution in [-0.2, 0) is 26.2 Å². The highest BCUT2D eigenvalue weighted by Gasteiger charge is 2.61. The van der Waals surface area contributed by atoms with E-state index in [-0.39, 0.29) is 23.1 Å². The van der Waals surface area contributed by atoms with Crippen molar-refractivity contribution >= 4 is 11.8 Å². The highest BCUT2D eigenvalue weighted by Crippen LogP contribution is 2.56. The molecule has 0 aliphatic heterocycles. The lowest BCUT2D eigenvalue weighted by Crippen LogP contribution is -2.58. The molecule has 1 fully saturated rings. The Morgan fingerprint density at radius 1 is 1.22 bits per heavy atom. The van der Waals surface area contributed by atoms with E-state index in [4.69, 9.17) is 9.47 Å². The summed E-state index contributed by atoms with van der Waals surface area (Å²) in [5.74, 6) is 0.231. The van der Waals surface area contributed by atoms with Crippen molar-refractivity contribution in [1.82, 2.24) is 0 Å². The maximum Gasteiger partial charge on any atom is 0.317 e. The minimum atomic E-state index is -0.879. The van der Waals surface area contributed by atoms with Crippen LogP contribution in [0.2, 0.25) is 0 Å². The zero-order chi connectivity index (χ0) is 16.8. The maximum atomic E-state index is 12.9. The van der Waals surface area contributed by atoms with Gasteiger partial charge >= 0.3 is 5.97 Å². The quantitative estimate of drug-likeness (QED) is 0.787. The number of Topliss-reactive ketones (excluding diaryl/α,β-unsaturated/α-hetero) is 1. The number of carbonyl (C=O) groups excluding carboxylic acids is 2. The van der Waals surface area contributed by atoms with Crippen LogP contribution in [0.15, 0.2) is 18.2 Å². The number of rotatable bonds is 2. The average Bonchev–Trinajstić information content (AvgIpc) is 2.52. The Bertz CT molecular complexity index is 661. The lowest BCUT2D eigenvalue weighted by molar-refractivity contribution is -0.161. The summed E-state index contributed by atoms with van der Waals surface area (Å²) < 4.78 is 10.6. The number of carbonyl (C=O) groups is 2. The molecule has 4 nitrogen and oxygen atoms in total. The first kappa shape index (κ1) is 16.0. The van der Waals surface area contributed by atoms with Crippen molar-refractivity contribution in [3.8, 4) is 5.75 Å². The van der Waals surface area contributed by atoms with Crippen molar-refractivity contribution in [2.24, 2.45) is 11.3 Å². The Morgan fingerprint density at radius 2 is 1.96 bits per heavy atom. The van der Waals surface area contributed by atoms with Gasteiger partial charge in [0.25, 0.3) is 0 Å². The standard InChI is InChI=1S/C19H24O4/c1-18(2)8-5-9-19(17(21)23-4)14-11-13(22-3)7-6-12(14)10-15(20)16(18)19/h6-7,11,16H,5,8-10H2,1-4H3/t16-,19+/m0/s1. The fourth-order valence-corrected chi connectivity index (χ4v) is 4.83. The van der Waals surface area contributed by atoms with Gasteiger partial charge in [0, 0.05) is 12.3 Å². The molecule has 1 aromatic rings. The van der Waals surface area contributed by atoms with Gasteiger partial charge in [-0.3, -0.25) is 9.59 Å². The number of hydrogen-bond acceptors (Lipinski definition) is 4. The predicted octanol–water partition coefficient (Wildman–Crippen LogP) is 3.06. The second kappa shape index (κ2) is 5.36. The highest BCUT2D eigenvalue weighted by molar-refractivity contribution is 5.98. The van der Waals surface area contributed by atoms with Crippen molar-refractivity contribution in [1.29, 1.82) is 0 Å². The van der Waals surface area contributed by atoms with E-state index in [1.165, 1.54) is 7.11 Å². The topological polar surface area (TPSA) is 52.6 Å². The molecule has 0 N–H and O–H groups in total. The van der Waals surface area contributed by atoms with E-state index in [1.807, 2.05) is 18.2 Å². The number of esters is 1. The molecule has 124 valence electrons. The molecule has 0 amide bonds. The molecular formula is C19H24O4. The molecule has 0 bridgehead atoms. The minimum Gasteiger partial charge on any atom is -0.497 e. The van der Waals surface area contributed by atoms with Crippen LogP contribution in [0.25, 0.3) is 0 Å². The van der Waals surface area contributed by atoms with E-state index in [0.717, 1.165) is 24.0 Å². The van der Waals surface area contributed by atoms with E-state index in [1.54, 1.807) is 7.11 Å². The SMILES string of the molecule is COC(=O)[C@@]12CCCC(C)(C)[C@@H]1C(=O)Cc1ccc(OC)cc12. The molecule has 0 heterocycles. The van der Waals surface area contributed by atoms with Crippen LogP contribution in [-0.4, -0.2) is 26.0 Å². The van der Waals surface area contributed by atoms with Gasteiger partial charge in [0.1, 0.15) is 16.9 Å². The van der Waals surface area contributed by atoms with Crippen LogP contribution in [0.3, 0.4) is 0 Å². The molecule has 0 radical (unpaired) electrons. The van der Waals surface area contributed by atoms with Gasteiger partial charge in [-0.2, -0.15) is 0 Å². The summed E-state index contributed by atoms with van der Waals surface area (Å²) in [5.41, 5.74) is 0.747. The van der Waals surface area contributed by atoms with Gasteiger partial charge in [0.2, 0.25) is 0 Å². The molecule has 1 saturated carbocycles. The summed E-state index contributed by atoms with van der Waals surface area (Å²) in [5, 5.41) is 0. The molecule has 0 spiro atoms. The van der Waals surface area contributed by atoms with Gasteiger partial charge in [-0.25, -0.2) is 0 Å². The van der Waals surface area contributed by atoms with E-state index < -0.39 is 5.41 Å². The normalized spacial score (nSPS) is 28.5. The van der Waals surface area contributed by atoms with Gasteiger partial charge < -0.3 is 9.47 Å². The van der Waals surface area contributed by atoms with E-state index in [9.17, 15) is 9.59 Å². The van der Waals surface area contributed by atoms with Gasteiger partial charge in [-0.1, -0.05) is 26.3 Å². The second-order valence-corrected chi connectivity index (χ2v) is 7.40. The van der Waals surface area contributed by atoms with Crippen molar-refractivity contribution in [3.05, 3.63) is 29.3 Å². The summed E-state index contributed by atoms with van der Waals surface area (Å²) in [6.45, 7) is 4.19. The Balaban J connectivity index is 2.29. The summed E-state index contributed by atoms with van der Waals surface area (Å²) in [6, 6.07) is 5.69. The van der Waals surface area contributed by atoms with Crippen LogP contribution in [0.5, 0.6) is 5.75 Å². The van der Waals surface area contributed by atoms with E-state index in [0.29, 0.717) is 18.6 Å². The van der Waals surface area contributed by atoms with E-state index in [2.05, 4.69) is 13.8 Å². The average molecular weight is 316 g/mol. The van der Waals surface area contributed by atoms with Gasteiger partial charge in [-0.05, 0) is 41.5 Å². The zero-order valence-corrected chi connectivity index (χ0v) is 14.3. The third-order valence-corrected chi connectivity index (χ3v) is 5.70. The Hall–Kier alpha value is -1.84. The molecular weight excluding hydrogens is 292 g/mol. The fourth-order valence-electron chi connectivity index (χ4n) is 4.83. The predicted molar refractivity (Wildman–Crippen MR) is 86.5 cm³/mol. The lowest BCUT2D eigenvalue weighted by Gasteiger charge is -2.52. The molecule has 2 aliphatic carbocycles. The van der Waals surface area contributed by atoms with Gasteiger partial charge in [0.05, 0.1) is 14.2 Å². The third-order valence-electron chi connectivity index (χ3n) is 5.70. The van der Waals surface area contributed by atoms with Crippen molar-refractivity contribution in [2.45, 2.75) is 44.9 Å². The minimum absolute atomic E-state index is 0.151. The van der Waals surface area contributed by atoms with Crippen LogP contribution in [0, 0.1) is 11.3 Å². The molecule has 3 rings (SSSR count). The smallest absolute Gasteiger partial charge is 0.317 e. The van der Waals surface area contributed by atoms with Gasteiger partial charge in [0.15, 0.2) is 0 Å². The number of ether oxygens (including phenoxy) is 2. The van der Waals surface area contributed by atoms with E-state index >= 15 is 0 Å². The van der Waals surface area contributed by atoms with Crippen molar-refractivity contribution in [2.75, 3.05) is 14.2 Å². The van der Waals surface area contributed by atoms with Crippen LogP contribution >= 0.6 is 0 Å². The molecule has 0 aromatic heterocycles. The molecule has 23 heavy (non-hydrogen) atoms. The summed E-state index contributed by atoms with van der Waals surface area (Å²) >= 11 is 0. The highest BCUT2D eigenvalue weighted by atomic mass is 16.5. The molecule has 2 aliphatic rings. The molecule has 2 atom stereocenters. The summed E-state index contributed by atoms with van der Waals surface area (Å²) in [4.78, 5) is 25.9. The molecule has 1 aromatic carbocycles.